The number of hydrogen-bond donors (Lipinski definition) is 2. The van der Waals surface area contributed by atoms with Crippen molar-refractivity contribution in [2.75, 3.05) is 19.8 Å². The van der Waals surface area contributed by atoms with Crippen LogP contribution in [0.1, 0.15) is 47.0 Å². The molecule has 0 heterocycles. The molecule has 0 saturated carbocycles. The van der Waals surface area contributed by atoms with E-state index in [4.69, 9.17) is 9.84 Å². The predicted molar refractivity (Wildman–Crippen MR) is 64.1 cm³/mol. The number of hydrogen-bond acceptors (Lipinski definition) is 3. The van der Waals surface area contributed by atoms with E-state index in [1.165, 1.54) is 0 Å². The lowest BCUT2D eigenvalue weighted by Crippen LogP contribution is -2.38. The Morgan fingerprint density at radius 3 is 2.47 bits per heavy atom. The molecule has 0 fully saturated rings. The molecular formula is C12H27NO2. The molecule has 2 N–H and O–H groups in total. The summed E-state index contributed by atoms with van der Waals surface area (Å²) in [5.41, 5.74) is -0.0540. The highest BCUT2D eigenvalue weighted by molar-refractivity contribution is 4.70. The standard InChI is InChI=1S/C12H27NO2/c1-5-8-13-11(7-9-14)10-15-12(3,4)6-2/h11,13-14H,5-10H2,1-4H3. The van der Waals surface area contributed by atoms with Gasteiger partial charge >= 0.3 is 0 Å². The highest BCUT2D eigenvalue weighted by Gasteiger charge is 2.17. The molecule has 1 unspecified atom stereocenters. The molecule has 0 aliphatic rings. The monoisotopic (exact) mass is 217 g/mol. The molecule has 0 bridgehead atoms. The third-order valence-electron chi connectivity index (χ3n) is 2.69. The van der Waals surface area contributed by atoms with Crippen LogP contribution in [0.15, 0.2) is 0 Å². The van der Waals surface area contributed by atoms with E-state index in [1.54, 1.807) is 0 Å². The second-order valence-electron chi connectivity index (χ2n) is 4.59. The minimum atomic E-state index is -0.0540. The second-order valence-corrected chi connectivity index (χ2v) is 4.59. The topological polar surface area (TPSA) is 41.5 Å². The molecule has 0 aromatic heterocycles. The maximum absolute atomic E-state index is 8.93. The van der Waals surface area contributed by atoms with Gasteiger partial charge in [-0.1, -0.05) is 13.8 Å². The Balaban J connectivity index is 3.83. The average Bonchev–Trinajstić information content (AvgIpc) is 2.22. The van der Waals surface area contributed by atoms with E-state index in [0.717, 1.165) is 25.8 Å². The van der Waals surface area contributed by atoms with Crippen LogP contribution in [0.5, 0.6) is 0 Å². The van der Waals surface area contributed by atoms with Gasteiger partial charge in [-0.05, 0) is 39.7 Å². The first-order chi connectivity index (χ1) is 7.05. The summed E-state index contributed by atoms with van der Waals surface area (Å²) in [5.74, 6) is 0. The predicted octanol–water partition coefficient (Wildman–Crippen LogP) is 1.94. The summed E-state index contributed by atoms with van der Waals surface area (Å²) >= 11 is 0. The molecule has 0 spiro atoms. The van der Waals surface area contributed by atoms with Gasteiger partial charge in [0.1, 0.15) is 0 Å². The van der Waals surface area contributed by atoms with Crippen LogP contribution in [0.2, 0.25) is 0 Å². The Morgan fingerprint density at radius 1 is 1.33 bits per heavy atom. The number of nitrogens with one attached hydrogen (secondary N) is 1. The second kappa shape index (κ2) is 8.08. The lowest BCUT2D eigenvalue weighted by atomic mass is 10.1. The van der Waals surface area contributed by atoms with E-state index in [1.807, 2.05) is 0 Å². The van der Waals surface area contributed by atoms with Crippen LogP contribution < -0.4 is 5.32 Å². The van der Waals surface area contributed by atoms with Crippen LogP contribution in [0, 0.1) is 0 Å². The van der Waals surface area contributed by atoms with Crippen molar-refractivity contribution in [3.63, 3.8) is 0 Å². The quantitative estimate of drug-likeness (QED) is 0.620. The van der Waals surface area contributed by atoms with Gasteiger partial charge in [0.2, 0.25) is 0 Å². The zero-order valence-corrected chi connectivity index (χ0v) is 10.7. The van der Waals surface area contributed by atoms with E-state index in [0.29, 0.717) is 6.61 Å². The maximum atomic E-state index is 8.93. The average molecular weight is 217 g/mol. The molecule has 3 heteroatoms. The van der Waals surface area contributed by atoms with Crippen LogP contribution in [-0.2, 0) is 4.74 Å². The van der Waals surface area contributed by atoms with Crippen molar-refractivity contribution in [2.24, 2.45) is 0 Å². The van der Waals surface area contributed by atoms with Crippen molar-refractivity contribution in [1.82, 2.24) is 5.32 Å². The van der Waals surface area contributed by atoms with Crippen LogP contribution in [0.4, 0.5) is 0 Å². The van der Waals surface area contributed by atoms with Crippen LogP contribution in [-0.4, -0.2) is 36.5 Å². The zero-order valence-electron chi connectivity index (χ0n) is 10.7. The van der Waals surface area contributed by atoms with Gasteiger partial charge in [-0.15, -0.1) is 0 Å². The van der Waals surface area contributed by atoms with Crippen molar-refractivity contribution < 1.29 is 9.84 Å². The summed E-state index contributed by atoms with van der Waals surface area (Å²) in [7, 11) is 0. The molecule has 0 radical (unpaired) electrons. The molecule has 0 amide bonds. The van der Waals surface area contributed by atoms with Gasteiger partial charge in [-0.25, -0.2) is 0 Å². The summed E-state index contributed by atoms with van der Waals surface area (Å²) in [6.45, 7) is 10.4. The number of rotatable bonds is 9. The van der Waals surface area contributed by atoms with Gasteiger partial charge in [-0.3, -0.25) is 0 Å². The fraction of sp³-hybridized carbons (Fsp3) is 1.00. The fourth-order valence-corrected chi connectivity index (χ4v) is 1.18. The van der Waals surface area contributed by atoms with E-state index in [9.17, 15) is 0 Å². The Kier molecular flexibility index (Phi) is 8.02. The molecule has 92 valence electrons. The number of ether oxygens (including phenoxy) is 1. The molecule has 15 heavy (non-hydrogen) atoms. The summed E-state index contributed by atoms with van der Waals surface area (Å²) in [4.78, 5) is 0. The number of aliphatic hydroxyl groups excluding tert-OH is 1. The molecular weight excluding hydrogens is 190 g/mol. The highest BCUT2D eigenvalue weighted by Crippen LogP contribution is 2.14. The molecule has 0 aromatic carbocycles. The van der Waals surface area contributed by atoms with Gasteiger partial charge < -0.3 is 15.2 Å². The molecule has 0 rings (SSSR count). The van der Waals surface area contributed by atoms with Gasteiger partial charge in [0.15, 0.2) is 0 Å². The summed E-state index contributed by atoms with van der Waals surface area (Å²) in [5, 5.41) is 12.3. The van der Waals surface area contributed by atoms with E-state index < -0.39 is 0 Å². The first-order valence-electron chi connectivity index (χ1n) is 6.04. The maximum Gasteiger partial charge on any atom is 0.0627 e. The van der Waals surface area contributed by atoms with Crippen molar-refractivity contribution in [2.45, 2.75) is 58.6 Å². The lowest BCUT2D eigenvalue weighted by Gasteiger charge is -2.27. The van der Waals surface area contributed by atoms with Crippen LogP contribution in [0.25, 0.3) is 0 Å². The highest BCUT2D eigenvalue weighted by atomic mass is 16.5. The van der Waals surface area contributed by atoms with Gasteiger partial charge in [0, 0.05) is 12.6 Å². The van der Waals surface area contributed by atoms with Gasteiger partial charge in [0.05, 0.1) is 12.2 Å². The Bertz CT molecular complexity index is 149. The zero-order chi connectivity index (χ0) is 11.7. The smallest absolute Gasteiger partial charge is 0.0627 e. The van der Waals surface area contributed by atoms with E-state index >= 15 is 0 Å². The first kappa shape index (κ1) is 14.9. The third-order valence-corrected chi connectivity index (χ3v) is 2.69. The minimum Gasteiger partial charge on any atom is -0.396 e. The van der Waals surface area contributed by atoms with Crippen LogP contribution >= 0.6 is 0 Å². The Morgan fingerprint density at radius 2 is 2.00 bits per heavy atom. The van der Waals surface area contributed by atoms with Crippen molar-refractivity contribution >= 4 is 0 Å². The molecule has 0 aromatic rings. The molecule has 0 saturated heterocycles. The summed E-state index contributed by atoms with van der Waals surface area (Å²) in [6.07, 6.45) is 2.88. The van der Waals surface area contributed by atoms with Crippen LogP contribution in [0.3, 0.4) is 0 Å². The van der Waals surface area contributed by atoms with E-state index in [2.05, 4.69) is 33.0 Å². The molecule has 3 nitrogen and oxygen atoms in total. The fourth-order valence-electron chi connectivity index (χ4n) is 1.18. The SMILES string of the molecule is CCCNC(CCO)COC(C)(C)CC. The molecule has 1 atom stereocenters. The summed E-state index contributed by atoms with van der Waals surface area (Å²) < 4.78 is 5.82. The molecule has 0 aliphatic carbocycles. The van der Waals surface area contributed by atoms with Crippen molar-refractivity contribution in [3.05, 3.63) is 0 Å². The normalized spacial score (nSPS) is 14.2. The number of aliphatic hydroxyl groups is 1. The van der Waals surface area contributed by atoms with Gasteiger partial charge in [-0.2, -0.15) is 0 Å². The van der Waals surface area contributed by atoms with Crippen molar-refractivity contribution in [1.29, 1.82) is 0 Å². The Hall–Kier alpha value is -0.120. The third kappa shape index (κ3) is 7.77. The summed E-state index contributed by atoms with van der Waals surface area (Å²) in [6, 6.07) is 0.278. The Labute approximate surface area is 94.2 Å². The van der Waals surface area contributed by atoms with E-state index in [-0.39, 0.29) is 18.2 Å². The minimum absolute atomic E-state index is 0.0540. The van der Waals surface area contributed by atoms with Gasteiger partial charge in [0.25, 0.3) is 0 Å². The largest absolute Gasteiger partial charge is 0.396 e. The lowest BCUT2D eigenvalue weighted by molar-refractivity contribution is -0.0326. The first-order valence-corrected chi connectivity index (χ1v) is 6.04. The molecule has 0 aliphatic heterocycles. The van der Waals surface area contributed by atoms with Crippen molar-refractivity contribution in [3.8, 4) is 0 Å².